The SMILES string of the molecule is CCOc1cc([C@H]2c3sc(=O)[nH]c3SC3C(=O)N(c4ccc(OC)cc4)C(=O)C32)ccc1OCC(=O)Nc1ccc(S(N)(=O)=O)cc1. The number of hydrogen-bond acceptors (Lipinski definition) is 11. The maximum Gasteiger partial charge on any atom is 0.305 e. The Morgan fingerprint density at radius 3 is 2.36 bits per heavy atom. The third-order valence-corrected chi connectivity index (χ3v) is 10.9. The lowest BCUT2D eigenvalue weighted by Crippen LogP contribution is -2.32. The minimum absolute atomic E-state index is 0.0905. The number of nitrogens with one attached hydrogen (secondary N) is 2. The fourth-order valence-electron chi connectivity index (χ4n) is 5.54. The summed E-state index contributed by atoms with van der Waals surface area (Å²) >= 11 is 2.17. The highest BCUT2D eigenvalue weighted by atomic mass is 32.2. The molecule has 4 aromatic rings. The lowest BCUT2D eigenvalue weighted by atomic mass is 9.83. The number of hydrogen-bond donors (Lipinski definition) is 3. The molecule has 0 aliphatic carbocycles. The molecule has 3 amide bonds. The van der Waals surface area contributed by atoms with E-state index in [4.69, 9.17) is 19.3 Å². The van der Waals surface area contributed by atoms with E-state index < -0.39 is 39.6 Å². The molecule has 16 heteroatoms. The molecule has 244 valence electrons. The number of carbonyl (C=O) groups excluding carboxylic acids is 3. The molecular weight excluding hydrogens is 669 g/mol. The topological polar surface area (TPSA) is 187 Å². The van der Waals surface area contributed by atoms with Crippen molar-refractivity contribution in [3.8, 4) is 17.2 Å². The lowest BCUT2D eigenvalue weighted by Gasteiger charge is -2.30. The van der Waals surface area contributed by atoms with Gasteiger partial charge in [0.25, 0.3) is 5.91 Å². The van der Waals surface area contributed by atoms with Gasteiger partial charge in [0.2, 0.25) is 21.8 Å². The summed E-state index contributed by atoms with van der Waals surface area (Å²) in [5.74, 6) is -1.58. The fraction of sp³-hybridized carbons (Fsp3) is 0.226. The predicted molar refractivity (Wildman–Crippen MR) is 175 cm³/mol. The van der Waals surface area contributed by atoms with E-state index in [9.17, 15) is 27.6 Å². The average molecular weight is 697 g/mol. The molecule has 3 aromatic carbocycles. The standard InChI is InChI=1S/C31H28N4O9S3/c1-3-43-22-14-16(4-13-21(22)44-15-23(36)33-17-5-11-20(12-6-17)47(32,40)41)24-25-27(45-28-26(24)46-31(39)34-28)30(38)35(29(25)37)18-7-9-19(42-2)10-8-18/h4-14,24-25,27H,3,15H2,1-2H3,(H,33,36)(H,34,39)(H2,32,40,41)/t24-,25?,27?/m1/s1. The van der Waals surface area contributed by atoms with Gasteiger partial charge in [-0.3, -0.25) is 19.2 Å². The number of nitrogens with two attached hydrogens (primary N) is 1. The maximum atomic E-state index is 14.0. The van der Waals surface area contributed by atoms with Gasteiger partial charge in [0.05, 0.1) is 35.2 Å². The van der Waals surface area contributed by atoms with E-state index in [1.54, 1.807) is 49.4 Å². The third kappa shape index (κ3) is 6.36. The van der Waals surface area contributed by atoms with Gasteiger partial charge in [-0.2, -0.15) is 0 Å². The molecule has 0 saturated carbocycles. The number of benzene rings is 3. The molecule has 2 unspecified atom stereocenters. The van der Waals surface area contributed by atoms with Crippen LogP contribution in [0, 0.1) is 5.92 Å². The smallest absolute Gasteiger partial charge is 0.305 e. The lowest BCUT2D eigenvalue weighted by molar-refractivity contribution is -0.122. The van der Waals surface area contributed by atoms with Crippen molar-refractivity contribution in [3.63, 3.8) is 0 Å². The van der Waals surface area contributed by atoms with Crippen molar-refractivity contribution in [3.05, 3.63) is 86.8 Å². The van der Waals surface area contributed by atoms with Gasteiger partial charge in [0.1, 0.15) is 11.0 Å². The van der Waals surface area contributed by atoms with Crippen LogP contribution in [0.5, 0.6) is 17.2 Å². The second-order valence-corrected chi connectivity index (χ2v) is 14.2. The highest BCUT2D eigenvalue weighted by Gasteiger charge is 2.56. The van der Waals surface area contributed by atoms with E-state index in [2.05, 4.69) is 10.3 Å². The number of aromatic nitrogens is 1. The van der Waals surface area contributed by atoms with E-state index in [-0.39, 0.29) is 33.9 Å². The molecule has 3 heterocycles. The van der Waals surface area contributed by atoms with Crippen LogP contribution in [-0.2, 0) is 24.4 Å². The Hall–Kier alpha value is -4.64. The third-order valence-electron chi connectivity index (χ3n) is 7.61. The molecule has 2 aliphatic heterocycles. The molecule has 13 nitrogen and oxygen atoms in total. The summed E-state index contributed by atoms with van der Waals surface area (Å²) in [6, 6.07) is 17.0. The molecule has 0 bridgehead atoms. The first-order chi connectivity index (χ1) is 22.5. The normalized spacial score (nSPS) is 18.8. The van der Waals surface area contributed by atoms with Gasteiger partial charge in [0.15, 0.2) is 18.1 Å². The number of ether oxygens (including phenoxy) is 3. The molecule has 47 heavy (non-hydrogen) atoms. The summed E-state index contributed by atoms with van der Waals surface area (Å²) in [6.45, 7) is 1.65. The van der Waals surface area contributed by atoms with Crippen LogP contribution >= 0.6 is 23.1 Å². The number of fused-ring (bicyclic) bond motifs is 2. The number of H-pyrrole nitrogens is 1. The number of rotatable bonds is 10. The molecule has 4 N–H and O–H groups in total. The van der Waals surface area contributed by atoms with Crippen LogP contribution in [0.1, 0.15) is 23.3 Å². The van der Waals surface area contributed by atoms with Crippen molar-refractivity contribution in [1.82, 2.24) is 4.98 Å². The van der Waals surface area contributed by atoms with E-state index in [0.29, 0.717) is 38.3 Å². The number of imide groups is 1. The Morgan fingerprint density at radius 2 is 1.70 bits per heavy atom. The zero-order valence-corrected chi connectivity index (χ0v) is 27.4. The van der Waals surface area contributed by atoms with E-state index >= 15 is 0 Å². The summed E-state index contributed by atoms with van der Waals surface area (Å²) < 4.78 is 39.8. The summed E-state index contributed by atoms with van der Waals surface area (Å²) in [4.78, 5) is 57.1. The fourth-order valence-corrected chi connectivity index (χ4v) is 8.57. The molecule has 1 fully saturated rings. The summed E-state index contributed by atoms with van der Waals surface area (Å²) in [7, 11) is -2.35. The quantitative estimate of drug-likeness (QED) is 0.208. The number of primary sulfonamides is 1. The van der Waals surface area contributed by atoms with Gasteiger partial charge < -0.3 is 24.5 Å². The van der Waals surface area contributed by atoms with Gasteiger partial charge in [-0.05, 0) is 73.2 Å². The molecule has 1 saturated heterocycles. The van der Waals surface area contributed by atoms with Crippen LogP contribution in [0.25, 0.3) is 0 Å². The summed E-state index contributed by atoms with van der Waals surface area (Å²) in [5.41, 5.74) is 1.39. The maximum absolute atomic E-state index is 14.0. The van der Waals surface area contributed by atoms with Crippen LogP contribution in [0.3, 0.4) is 0 Å². The van der Waals surface area contributed by atoms with Crippen molar-refractivity contribution in [2.75, 3.05) is 30.5 Å². The number of amides is 3. The van der Waals surface area contributed by atoms with Gasteiger partial charge in [-0.1, -0.05) is 29.2 Å². The van der Waals surface area contributed by atoms with Crippen molar-refractivity contribution in [2.24, 2.45) is 11.1 Å². The molecular formula is C31H28N4O9S3. The minimum atomic E-state index is -3.87. The Bertz CT molecular complexity index is 2030. The minimum Gasteiger partial charge on any atom is -0.497 e. The highest BCUT2D eigenvalue weighted by Crippen LogP contribution is 2.53. The number of aromatic amines is 1. The first kappa shape index (κ1) is 32.3. The first-order valence-electron chi connectivity index (χ1n) is 14.2. The summed E-state index contributed by atoms with van der Waals surface area (Å²) in [5, 5.41) is 7.50. The van der Waals surface area contributed by atoms with Crippen LogP contribution in [0.15, 0.2) is 81.4 Å². The molecule has 0 radical (unpaired) electrons. The van der Waals surface area contributed by atoms with Gasteiger partial charge >= 0.3 is 4.87 Å². The number of sulfonamides is 1. The number of nitrogens with zero attached hydrogens (tertiary/aromatic N) is 1. The van der Waals surface area contributed by atoms with Crippen LogP contribution in [0.4, 0.5) is 11.4 Å². The van der Waals surface area contributed by atoms with Crippen molar-refractivity contribution in [2.45, 2.75) is 28.0 Å². The average Bonchev–Trinajstić information content (AvgIpc) is 3.54. The van der Waals surface area contributed by atoms with Crippen LogP contribution in [0.2, 0.25) is 0 Å². The Balaban J connectivity index is 1.27. The second kappa shape index (κ2) is 12.9. The Labute approximate surface area is 277 Å². The highest BCUT2D eigenvalue weighted by molar-refractivity contribution is 8.00. The number of carbonyl (C=O) groups is 3. The number of thioether (sulfide) groups is 1. The molecule has 0 spiro atoms. The van der Waals surface area contributed by atoms with Crippen LogP contribution in [-0.4, -0.2) is 56.7 Å². The van der Waals surface area contributed by atoms with Gasteiger partial charge in [-0.15, -0.1) is 0 Å². The number of thiazole rings is 1. The van der Waals surface area contributed by atoms with Gasteiger partial charge in [0, 0.05) is 16.5 Å². The molecule has 2 aliphatic rings. The van der Waals surface area contributed by atoms with E-state index in [1.807, 2.05) is 0 Å². The second-order valence-electron chi connectivity index (χ2n) is 10.5. The predicted octanol–water partition coefficient (Wildman–Crippen LogP) is 3.30. The summed E-state index contributed by atoms with van der Waals surface area (Å²) in [6.07, 6.45) is 0. The van der Waals surface area contributed by atoms with Crippen molar-refractivity contribution in [1.29, 1.82) is 0 Å². The van der Waals surface area contributed by atoms with Crippen molar-refractivity contribution < 1.29 is 37.0 Å². The first-order valence-corrected chi connectivity index (χ1v) is 17.5. The van der Waals surface area contributed by atoms with E-state index in [0.717, 1.165) is 11.3 Å². The zero-order valence-electron chi connectivity index (χ0n) is 24.9. The van der Waals surface area contributed by atoms with Crippen molar-refractivity contribution >= 4 is 62.2 Å². The Kier molecular flexibility index (Phi) is 8.84. The molecule has 3 atom stereocenters. The largest absolute Gasteiger partial charge is 0.497 e. The Morgan fingerprint density at radius 1 is 0.979 bits per heavy atom. The number of anilines is 2. The van der Waals surface area contributed by atoms with E-state index in [1.165, 1.54) is 48.0 Å². The monoisotopic (exact) mass is 696 g/mol. The molecule has 1 aromatic heterocycles. The number of methoxy groups -OCH3 is 1. The van der Waals surface area contributed by atoms with Crippen LogP contribution < -0.4 is 34.4 Å². The van der Waals surface area contributed by atoms with Gasteiger partial charge in [-0.25, -0.2) is 18.5 Å². The zero-order chi connectivity index (χ0) is 33.5. The molecule has 6 rings (SSSR count).